The number of nitrogens with one attached hydrogen (secondary N) is 1. The molecule has 0 spiro atoms. The highest BCUT2D eigenvalue weighted by Crippen LogP contribution is 2.43. The van der Waals surface area contributed by atoms with E-state index in [1.54, 1.807) is 21.0 Å². The zero-order chi connectivity index (χ0) is 14.5. The fourth-order valence-corrected chi connectivity index (χ4v) is 2.34. The zero-order valence-electron chi connectivity index (χ0n) is 12.1. The number of aliphatic carboxylic acids is 1. The van der Waals surface area contributed by atoms with Crippen molar-refractivity contribution in [1.29, 1.82) is 0 Å². The van der Waals surface area contributed by atoms with Crippen LogP contribution in [0.15, 0.2) is 0 Å². The van der Waals surface area contributed by atoms with E-state index in [1.807, 2.05) is 0 Å². The van der Waals surface area contributed by atoms with Crippen LogP contribution in [0.3, 0.4) is 0 Å². The molecule has 0 unspecified atom stereocenters. The van der Waals surface area contributed by atoms with Gasteiger partial charge >= 0.3 is 5.97 Å². The number of hydrogen-bond donors (Lipinski definition) is 2. The first kappa shape index (κ1) is 16.0. The molecule has 0 bridgehead atoms. The van der Waals surface area contributed by atoms with Gasteiger partial charge in [0.1, 0.15) is 0 Å². The summed E-state index contributed by atoms with van der Waals surface area (Å²) in [7, 11) is 1.68. The van der Waals surface area contributed by atoms with Crippen LogP contribution in [0.25, 0.3) is 0 Å². The van der Waals surface area contributed by atoms with Gasteiger partial charge in [-0.15, -0.1) is 0 Å². The van der Waals surface area contributed by atoms with Gasteiger partial charge in [-0.25, -0.2) is 0 Å². The number of methoxy groups -OCH3 is 1. The van der Waals surface area contributed by atoms with Crippen LogP contribution in [0, 0.1) is 10.8 Å². The average Bonchev–Trinajstić information content (AvgIpc) is 2.26. The van der Waals surface area contributed by atoms with Crippen LogP contribution in [0.5, 0.6) is 0 Å². The minimum atomic E-state index is -1.01. The number of carbonyl (C=O) groups excluding carboxylic acids is 1. The Hall–Kier alpha value is -1.10. The molecule has 1 aliphatic rings. The first-order valence-electron chi connectivity index (χ1n) is 6.80. The van der Waals surface area contributed by atoms with Gasteiger partial charge in [-0.05, 0) is 38.5 Å². The lowest BCUT2D eigenvalue weighted by molar-refractivity contribution is -0.149. The second kappa shape index (κ2) is 6.37. The molecule has 1 aliphatic carbocycles. The quantitative estimate of drug-likeness (QED) is 0.706. The Balaban J connectivity index is 2.39. The third-order valence-electron chi connectivity index (χ3n) is 4.09. The minimum absolute atomic E-state index is 0.0166. The van der Waals surface area contributed by atoms with Gasteiger partial charge in [0.25, 0.3) is 0 Å². The predicted octanol–water partition coefficient (Wildman–Crippen LogP) is 1.81. The Bertz CT molecular complexity index is 334. The highest BCUT2D eigenvalue weighted by atomic mass is 16.5. The van der Waals surface area contributed by atoms with Crippen LogP contribution in [0.4, 0.5) is 0 Å². The fourth-order valence-electron chi connectivity index (χ4n) is 2.34. The first-order chi connectivity index (χ1) is 8.81. The summed E-state index contributed by atoms with van der Waals surface area (Å²) in [5, 5.41) is 11.9. The maximum Gasteiger partial charge on any atom is 0.309 e. The van der Waals surface area contributed by atoms with Gasteiger partial charge in [0, 0.05) is 26.7 Å². The van der Waals surface area contributed by atoms with Crippen LogP contribution in [0.2, 0.25) is 0 Å². The van der Waals surface area contributed by atoms with Crippen molar-refractivity contribution in [3.8, 4) is 0 Å². The number of rotatable bonds is 8. The summed E-state index contributed by atoms with van der Waals surface area (Å²) < 4.78 is 5.10. The number of hydrogen-bond acceptors (Lipinski definition) is 3. The molecule has 0 aromatic rings. The van der Waals surface area contributed by atoms with E-state index in [9.17, 15) is 9.59 Å². The number of carboxylic acids is 1. The molecular weight excluding hydrogens is 246 g/mol. The Kier molecular flexibility index (Phi) is 5.35. The fraction of sp³-hybridized carbons (Fsp3) is 0.857. The van der Waals surface area contributed by atoms with Gasteiger partial charge in [0.2, 0.25) is 5.91 Å². The monoisotopic (exact) mass is 271 g/mol. The lowest BCUT2D eigenvalue weighted by Crippen LogP contribution is -2.44. The average molecular weight is 271 g/mol. The van der Waals surface area contributed by atoms with E-state index < -0.39 is 11.4 Å². The second-order valence-corrected chi connectivity index (χ2v) is 6.24. The maximum absolute atomic E-state index is 11.8. The summed E-state index contributed by atoms with van der Waals surface area (Å²) in [5.41, 5.74) is -0.845. The van der Waals surface area contributed by atoms with Crippen LogP contribution in [-0.2, 0) is 14.3 Å². The molecule has 0 aliphatic heterocycles. The van der Waals surface area contributed by atoms with Gasteiger partial charge in [0.15, 0.2) is 0 Å². The number of carboxylic acid groups (broad SMARTS) is 1. The van der Waals surface area contributed by atoms with E-state index in [1.165, 1.54) is 6.42 Å². The Morgan fingerprint density at radius 1 is 1.37 bits per heavy atom. The van der Waals surface area contributed by atoms with Crippen molar-refractivity contribution >= 4 is 11.9 Å². The Morgan fingerprint density at radius 3 is 2.42 bits per heavy atom. The molecule has 110 valence electrons. The summed E-state index contributed by atoms with van der Waals surface area (Å²) in [6.45, 7) is 4.47. The minimum Gasteiger partial charge on any atom is -0.481 e. The highest BCUT2D eigenvalue weighted by molar-refractivity contribution is 5.84. The molecule has 0 radical (unpaired) electrons. The molecule has 0 aromatic heterocycles. The summed E-state index contributed by atoms with van der Waals surface area (Å²) in [6.07, 6.45) is 4.38. The Labute approximate surface area is 114 Å². The van der Waals surface area contributed by atoms with E-state index in [-0.39, 0.29) is 17.7 Å². The number of carbonyl (C=O) groups is 2. The SMILES string of the molecule is COCCC1(CNC(=O)CC(C)(C)C(=O)O)CCC1. The molecule has 0 saturated heterocycles. The third-order valence-corrected chi connectivity index (χ3v) is 4.09. The summed E-state index contributed by atoms with van der Waals surface area (Å²) in [6, 6.07) is 0. The largest absolute Gasteiger partial charge is 0.481 e. The van der Waals surface area contributed by atoms with Gasteiger partial charge < -0.3 is 15.2 Å². The van der Waals surface area contributed by atoms with Gasteiger partial charge in [-0.3, -0.25) is 9.59 Å². The highest BCUT2D eigenvalue weighted by Gasteiger charge is 2.37. The van der Waals surface area contributed by atoms with Crippen molar-refractivity contribution in [1.82, 2.24) is 5.32 Å². The smallest absolute Gasteiger partial charge is 0.309 e. The van der Waals surface area contributed by atoms with Gasteiger partial charge in [-0.2, -0.15) is 0 Å². The van der Waals surface area contributed by atoms with E-state index in [0.717, 1.165) is 19.3 Å². The molecule has 1 fully saturated rings. The molecule has 5 nitrogen and oxygen atoms in total. The number of ether oxygens (including phenoxy) is 1. The topological polar surface area (TPSA) is 75.6 Å². The van der Waals surface area contributed by atoms with E-state index in [0.29, 0.717) is 13.2 Å². The van der Waals surface area contributed by atoms with Crippen molar-refractivity contribution in [3.63, 3.8) is 0 Å². The molecule has 0 aromatic carbocycles. The molecule has 0 heterocycles. The van der Waals surface area contributed by atoms with Crippen molar-refractivity contribution in [2.45, 2.75) is 46.0 Å². The summed E-state index contributed by atoms with van der Waals surface area (Å²) in [4.78, 5) is 22.8. The van der Waals surface area contributed by atoms with Crippen LogP contribution < -0.4 is 5.32 Å². The first-order valence-corrected chi connectivity index (χ1v) is 6.80. The summed E-state index contributed by atoms with van der Waals surface area (Å²) >= 11 is 0. The molecule has 1 amide bonds. The molecule has 19 heavy (non-hydrogen) atoms. The molecule has 2 N–H and O–H groups in total. The van der Waals surface area contributed by atoms with E-state index >= 15 is 0 Å². The van der Waals surface area contributed by atoms with Gasteiger partial charge in [-0.1, -0.05) is 6.42 Å². The lowest BCUT2D eigenvalue weighted by Gasteiger charge is -2.42. The maximum atomic E-state index is 11.8. The van der Waals surface area contributed by atoms with Crippen molar-refractivity contribution < 1.29 is 19.4 Å². The standard InChI is InChI=1S/C14H25NO4/c1-13(2,12(17)18)9-11(16)15-10-14(5-4-6-14)7-8-19-3/h4-10H2,1-3H3,(H,15,16)(H,17,18). The molecule has 5 heteroatoms. The molecule has 1 saturated carbocycles. The van der Waals surface area contributed by atoms with Crippen LogP contribution in [0.1, 0.15) is 46.0 Å². The van der Waals surface area contributed by atoms with E-state index in [2.05, 4.69) is 5.32 Å². The van der Waals surface area contributed by atoms with Crippen molar-refractivity contribution in [3.05, 3.63) is 0 Å². The van der Waals surface area contributed by atoms with E-state index in [4.69, 9.17) is 9.84 Å². The van der Waals surface area contributed by atoms with Gasteiger partial charge in [0.05, 0.1) is 5.41 Å². The zero-order valence-corrected chi connectivity index (χ0v) is 12.1. The molecule has 1 rings (SSSR count). The van der Waals surface area contributed by atoms with Crippen LogP contribution in [-0.4, -0.2) is 37.2 Å². The second-order valence-electron chi connectivity index (χ2n) is 6.24. The lowest BCUT2D eigenvalue weighted by atomic mass is 9.66. The normalized spacial score (nSPS) is 17.6. The van der Waals surface area contributed by atoms with Crippen LogP contribution >= 0.6 is 0 Å². The molecule has 0 atom stereocenters. The number of amides is 1. The van der Waals surface area contributed by atoms with Crippen molar-refractivity contribution in [2.75, 3.05) is 20.3 Å². The molecular formula is C14H25NO4. The Morgan fingerprint density at radius 2 is 2.00 bits per heavy atom. The van der Waals surface area contributed by atoms with Crippen molar-refractivity contribution in [2.24, 2.45) is 10.8 Å². The third kappa shape index (κ3) is 4.49. The summed E-state index contributed by atoms with van der Waals surface area (Å²) in [5.74, 6) is -1.13. The predicted molar refractivity (Wildman–Crippen MR) is 71.8 cm³/mol.